The number of H-pyrrole nitrogens is 1. The number of phenolic OH excluding ortho intramolecular Hbond substituents is 1. The topological polar surface area (TPSA) is 105 Å². The Kier molecular flexibility index (Phi) is 3.16. The molecule has 0 aliphatic heterocycles. The predicted molar refractivity (Wildman–Crippen MR) is 67.4 cm³/mol. The van der Waals surface area contributed by atoms with Crippen molar-refractivity contribution in [3.63, 3.8) is 0 Å². The van der Waals surface area contributed by atoms with Crippen LogP contribution < -0.4 is 5.73 Å². The molecule has 0 aliphatic rings. The largest absolute Gasteiger partial charge is 0.506 e. The van der Waals surface area contributed by atoms with Gasteiger partial charge in [0.25, 0.3) is 5.91 Å². The van der Waals surface area contributed by atoms with Crippen molar-refractivity contribution in [2.45, 2.75) is 0 Å². The van der Waals surface area contributed by atoms with Gasteiger partial charge < -0.3 is 10.8 Å². The first kappa shape index (κ1) is 12.1. The molecule has 0 spiro atoms. The average Bonchev–Trinajstić information content (AvgIpc) is 2.72. The van der Waals surface area contributed by atoms with Crippen LogP contribution in [0.15, 0.2) is 21.1 Å². The standard InChI is InChI=1S/C9H6Br2N4O2/c10-3-1-4(8(16)5(11)2-3)6-7(9(12)17)14-15-13-6/h1-2,16H,(H2,12,17)(H,13,14,15). The first-order chi connectivity index (χ1) is 8.00. The van der Waals surface area contributed by atoms with E-state index in [2.05, 4.69) is 47.3 Å². The van der Waals surface area contributed by atoms with Gasteiger partial charge in [-0.1, -0.05) is 15.9 Å². The Balaban J connectivity index is 2.68. The number of amides is 1. The van der Waals surface area contributed by atoms with Crippen molar-refractivity contribution in [1.82, 2.24) is 15.4 Å². The molecule has 1 aromatic heterocycles. The minimum atomic E-state index is -0.718. The number of benzene rings is 1. The van der Waals surface area contributed by atoms with Gasteiger partial charge in [0, 0.05) is 10.0 Å². The van der Waals surface area contributed by atoms with Gasteiger partial charge in [0.05, 0.1) is 4.47 Å². The smallest absolute Gasteiger partial charge is 0.271 e. The van der Waals surface area contributed by atoms with Crippen LogP contribution in [0.1, 0.15) is 10.5 Å². The van der Waals surface area contributed by atoms with E-state index in [9.17, 15) is 9.90 Å². The molecule has 6 nitrogen and oxygen atoms in total. The molecule has 8 heteroatoms. The number of carbonyl (C=O) groups excluding carboxylic acids is 1. The fourth-order valence-corrected chi connectivity index (χ4v) is 2.56. The second-order valence-electron chi connectivity index (χ2n) is 3.17. The van der Waals surface area contributed by atoms with Gasteiger partial charge >= 0.3 is 0 Å². The molecule has 2 aromatic rings. The number of rotatable bonds is 2. The van der Waals surface area contributed by atoms with Gasteiger partial charge in [-0.15, -0.1) is 0 Å². The van der Waals surface area contributed by atoms with E-state index in [0.29, 0.717) is 10.0 Å². The van der Waals surface area contributed by atoms with Gasteiger partial charge in [-0.25, -0.2) is 0 Å². The van der Waals surface area contributed by atoms with E-state index in [1.54, 1.807) is 12.1 Å². The first-order valence-electron chi connectivity index (χ1n) is 4.39. The molecule has 0 saturated heterocycles. The molecule has 0 saturated carbocycles. The number of aromatic amines is 1. The van der Waals surface area contributed by atoms with Crippen molar-refractivity contribution in [3.05, 3.63) is 26.8 Å². The summed E-state index contributed by atoms with van der Waals surface area (Å²) in [4.78, 5) is 11.1. The first-order valence-corrected chi connectivity index (χ1v) is 5.98. The van der Waals surface area contributed by atoms with Crippen LogP contribution in [0, 0.1) is 0 Å². The van der Waals surface area contributed by atoms with E-state index in [1.807, 2.05) is 0 Å². The Morgan fingerprint density at radius 2 is 2.06 bits per heavy atom. The highest BCUT2D eigenvalue weighted by Gasteiger charge is 2.19. The third-order valence-corrected chi connectivity index (χ3v) is 3.13. The Bertz CT molecular complexity index is 597. The van der Waals surface area contributed by atoms with Crippen molar-refractivity contribution < 1.29 is 9.90 Å². The fourth-order valence-electron chi connectivity index (χ4n) is 1.34. The number of hydrogen-bond donors (Lipinski definition) is 3. The summed E-state index contributed by atoms with van der Waals surface area (Å²) in [6.45, 7) is 0. The third-order valence-electron chi connectivity index (χ3n) is 2.06. The van der Waals surface area contributed by atoms with Gasteiger partial charge in [-0.05, 0) is 28.1 Å². The number of carbonyl (C=O) groups is 1. The molecular weight excluding hydrogens is 356 g/mol. The predicted octanol–water partition coefficient (Wildman–Crippen LogP) is 1.80. The van der Waals surface area contributed by atoms with Gasteiger partial charge in [0.1, 0.15) is 11.4 Å². The van der Waals surface area contributed by atoms with Crippen molar-refractivity contribution in [3.8, 4) is 17.0 Å². The zero-order valence-corrected chi connectivity index (χ0v) is 11.4. The quantitative estimate of drug-likeness (QED) is 0.758. The summed E-state index contributed by atoms with van der Waals surface area (Å²) in [7, 11) is 0. The van der Waals surface area contributed by atoms with Crippen LogP contribution in [-0.4, -0.2) is 26.4 Å². The third kappa shape index (κ3) is 2.18. The molecule has 2 rings (SSSR count). The molecule has 1 amide bonds. The number of nitrogens with one attached hydrogen (secondary N) is 1. The van der Waals surface area contributed by atoms with Crippen LogP contribution in [-0.2, 0) is 0 Å². The Labute approximate surface area is 112 Å². The number of halogens is 2. The summed E-state index contributed by atoms with van der Waals surface area (Å²) < 4.78 is 1.19. The molecule has 17 heavy (non-hydrogen) atoms. The minimum absolute atomic E-state index is 0.0229. The second kappa shape index (κ2) is 4.46. The highest BCUT2D eigenvalue weighted by Crippen LogP contribution is 2.38. The summed E-state index contributed by atoms with van der Waals surface area (Å²) in [5.74, 6) is -0.756. The Morgan fingerprint density at radius 3 is 2.71 bits per heavy atom. The van der Waals surface area contributed by atoms with Gasteiger partial charge in [-0.2, -0.15) is 15.4 Å². The number of aromatic hydroxyl groups is 1. The van der Waals surface area contributed by atoms with Gasteiger partial charge in [-0.3, -0.25) is 4.79 Å². The Hall–Kier alpha value is -1.41. The highest BCUT2D eigenvalue weighted by atomic mass is 79.9. The lowest BCUT2D eigenvalue weighted by molar-refractivity contribution is 0.0996. The zero-order valence-electron chi connectivity index (χ0n) is 8.24. The molecule has 0 aliphatic carbocycles. The molecule has 0 atom stereocenters. The monoisotopic (exact) mass is 360 g/mol. The lowest BCUT2D eigenvalue weighted by Gasteiger charge is -2.05. The highest BCUT2D eigenvalue weighted by molar-refractivity contribution is 9.11. The summed E-state index contributed by atoms with van der Waals surface area (Å²) in [6.07, 6.45) is 0. The summed E-state index contributed by atoms with van der Waals surface area (Å²) in [5.41, 5.74) is 5.69. The minimum Gasteiger partial charge on any atom is -0.506 e. The van der Waals surface area contributed by atoms with Gasteiger partial charge in [0.15, 0.2) is 5.69 Å². The second-order valence-corrected chi connectivity index (χ2v) is 4.94. The number of primary amides is 1. The van der Waals surface area contributed by atoms with Crippen LogP contribution in [0.25, 0.3) is 11.3 Å². The summed E-state index contributed by atoms with van der Waals surface area (Å²) in [6, 6.07) is 3.28. The molecular formula is C9H6Br2N4O2. The lowest BCUT2D eigenvalue weighted by atomic mass is 10.1. The maximum absolute atomic E-state index is 11.1. The number of nitrogens with two attached hydrogens (primary N) is 1. The fraction of sp³-hybridized carbons (Fsp3) is 0. The SMILES string of the molecule is NC(=O)c1n[nH]nc1-c1cc(Br)cc(Br)c1O. The average molecular weight is 362 g/mol. The molecule has 0 bridgehead atoms. The molecule has 1 heterocycles. The Morgan fingerprint density at radius 1 is 1.35 bits per heavy atom. The van der Waals surface area contributed by atoms with E-state index in [4.69, 9.17) is 5.73 Å². The van der Waals surface area contributed by atoms with Crippen LogP contribution >= 0.6 is 31.9 Å². The number of phenols is 1. The lowest BCUT2D eigenvalue weighted by Crippen LogP contribution is -2.12. The molecule has 0 radical (unpaired) electrons. The van der Waals surface area contributed by atoms with E-state index < -0.39 is 5.91 Å². The number of nitrogens with zero attached hydrogens (tertiary/aromatic N) is 2. The molecule has 0 fully saturated rings. The van der Waals surface area contributed by atoms with E-state index in [0.717, 1.165) is 4.47 Å². The molecule has 4 N–H and O–H groups in total. The van der Waals surface area contributed by atoms with Crippen molar-refractivity contribution in [2.75, 3.05) is 0 Å². The van der Waals surface area contributed by atoms with Crippen molar-refractivity contribution >= 4 is 37.8 Å². The van der Waals surface area contributed by atoms with Gasteiger partial charge in [0.2, 0.25) is 0 Å². The maximum Gasteiger partial charge on any atom is 0.271 e. The molecule has 88 valence electrons. The normalized spacial score (nSPS) is 10.5. The van der Waals surface area contributed by atoms with Crippen LogP contribution in [0.2, 0.25) is 0 Å². The number of aromatic nitrogens is 3. The van der Waals surface area contributed by atoms with E-state index >= 15 is 0 Å². The van der Waals surface area contributed by atoms with Crippen molar-refractivity contribution in [1.29, 1.82) is 0 Å². The van der Waals surface area contributed by atoms with E-state index in [1.165, 1.54) is 0 Å². The van der Waals surface area contributed by atoms with Crippen molar-refractivity contribution in [2.24, 2.45) is 5.73 Å². The summed E-state index contributed by atoms with van der Waals surface area (Å²) >= 11 is 6.47. The van der Waals surface area contributed by atoms with Crippen LogP contribution in [0.3, 0.4) is 0 Å². The number of hydrogen-bond acceptors (Lipinski definition) is 4. The molecule has 1 aromatic carbocycles. The maximum atomic E-state index is 11.1. The zero-order chi connectivity index (χ0) is 12.6. The van der Waals surface area contributed by atoms with Crippen LogP contribution in [0.4, 0.5) is 0 Å². The summed E-state index contributed by atoms with van der Waals surface area (Å²) in [5, 5.41) is 19.7. The van der Waals surface area contributed by atoms with E-state index in [-0.39, 0.29) is 17.1 Å². The molecule has 0 unspecified atom stereocenters. The van der Waals surface area contributed by atoms with Crippen LogP contribution in [0.5, 0.6) is 5.75 Å².